The molecule has 0 fully saturated rings. The number of unbranched alkanes of at least 4 members (excludes halogenated alkanes) is 10. The van der Waals surface area contributed by atoms with Crippen LogP contribution in [0.3, 0.4) is 0 Å². The van der Waals surface area contributed by atoms with Gasteiger partial charge in [-0.2, -0.15) is 0 Å². The number of nitrogens with zero attached hydrogens (tertiary/aromatic N) is 2. The smallest absolute Gasteiger partial charge is 0.0988 e. The fourth-order valence-corrected chi connectivity index (χ4v) is 12.7. The minimum atomic E-state index is 0.0460. The van der Waals surface area contributed by atoms with Gasteiger partial charge in [-0.3, -0.25) is 0 Å². The fraction of sp³-hybridized carbons (Fsp3) is 0.365. The summed E-state index contributed by atoms with van der Waals surface area (Å²) in [7, 11) is 0. The summed E-state index contributed by atoms with van der Waals surface area (Å²) in [5.74, 6) is 0. The van der Waals surface area contributed by atoms with Gasteiger partial charge in [0.1, 0.15) is 0 Å². The molecule has 344 valence electrons. The monoisotopic (exact) mass is 918 g/mol. The van der Waals surface area contributed by atoms with Crippen LogP contribution in [0.25, 0.3) is 76.0 Å². The first-order valence-electron chi connectivity index (χ1n) is 25.8. The second kappa shape index (κ2) is 21.4. The molecule has 3 aromatic heterocycles. The second-order valence-corrected chi connectivity index (χ2v) is 21.8. The van der Waals surface area contributed by atoms with Crippen molar-refractivity contribution in [2.45, 2.75) is 150 Å². The molecule has 3 heterocycles. The highest BCUT2D eigenvalue weighted by Crippen LogP contribution is 2.56. The Bertz CT molecular complexity index is 2910. The molecule has 4 heteroatoms. The molecule has 0 saturated heterocycles. The Morgan fingerprint density at radius 1 is 0.403 bits per heavy atom. The van der Waals surface area contributed by atoms with E-state index in [0.717, 1.165) is 57.5 Å². The van der Waals surface area contributed by atoms with E-state index >= 15 is 0 Å². The minimum Gasteiger partial charge on any atom is -0.243 e. The molecule has 5 aromatic carbocycles. The molecule has 0 N–H and O–H groups in total. The Morgan fingerprint density at radius 2 is 0.851 bits per heavy atom. The fourth-order valence-electron chi connectivity index (χ4n) is 10.8. The van der Waals surface area contributed by atoms with Gasteiger partial charge in [0.25, 0.3) is 0 Å². The highest BCUT2D eigenvalue weighted by molar-refractivity contribution is 7.19. The summed E-state index contributed by atoms with van der Waals surface area (Å²) >= 11 is 3.72. The third-order valence-electron chi connectivity index (χ3n) is 14.7. The standard InChI is InChI=1S/C63H70N2S2/c1-7-11-13-15-17-19-39-63(40-20-18-16-14-12-8-2)54-41-43(5)21-32-50(54)51-33-31-49(42-55(51)63)56-37-38-58(67-56)53-35-34-52(57-36-22-44(6)66-57)61-62(53)65-60(48-29-25-46(10-4)26-30-48)59(64-61)47-27-23-45(9-3)24-28-47/h21-38,41-42H,7-20,39-40H2,1-6H3. The number of rotatable bonds is 21. The van der Waals surface area contributed by atoms with Crippen LogP contribution in [0.1, 0.15) is 150 Å². The second-order valence-electron chi connectivity index (χ2n) is 19.4. The molecule has 0 aliphatic heterocycles. The number of hydrogen-bond acceptors (Lipinski definition) is 4. The van der Waals surface area contributed by atoms with Crippen LogP contribution in [0.5, 0.6) is 0 Å². The Balaban J connectivity index is 1.15. The lowest BCUT2D eigenvalue weighted by Gasteiger charge is -2.33. The van der Waals surface area contributed by atoms with Crippen LogP contribution in [0, 0.1) is 13.8 Å². The Hall–Kier alpha value is -5.16. The van der Waals surface area contributed by atoms with Crippen LogP contribution in [-0.4, -0.2) is 9.97 Å². The van der Waals surface area contributed by atoms with E-state index in [9.17, 15) is 0 Å². The SMILES string of the molecule is CCCCCCCCC1(CCCCCCCC)c2cc(C)ccc2-c2ccc(-c3ccc(-c4ccc(-c5ccc(C)s5)c5nc(-c6ccc(CC)cc6)c(-c6ccc(CC)cc6)nc45)s3)cc21. The van der Waals surface area contributed by atoms with Gasteiger partial charge in [0.15, 0.2) is 0 Å². The predicted molar refractivity (Wildman–Crippen MR) is 293 cm³/mol. The summed E-state index contributed by atoms with van der Waals surface area (Å²) in [6.45, 7) is 13.6. The number of aromatic nitrogens is 2. The van der Waals surface area contributed by atoms with Crippen LogP contribution in [-0.2, 0) is 18.3 Å². The van der Waals surface area contributed by atoms with E-state index in [2.05, 4.69) is 163 Å². The average molecular weight is 919 g/mol. The number of hydrogen-bond donors (Lipinski definition) is 0. The first-order valence-corrected chi connectivity index (χ1v) is 27.4. The molecule has 8 aromatic rings. The number of fused-ring (bicyclic) bond motifs is 4. The van der Waals surface area contributed by atoms with E-state index in [1.54, 1.807) is 11.1 Å². The van der Waals surface area contributed by atoms with Crippen molar-refractivity contribution in [3.05, 3.63) is 154 Å². The molecular formula is C63H70N2S2. The summed E-state index contributed by atoms with van der Waals surface area (Å²) in [5.41, 5.74) is 19.7. The zero-order valence-corrected chi connectivity index (χ0v) is 42.7. The normalized spacial score (nSPS) is 12.8. The Morgan fingerprint density at radius 3 is 1.37 bits per heavy atom. The molecule has 0 atom stereocenters. The van der Waals surface area contributed by atoms with Crippen LogP contribution in [0.4, 0.5) is 0 Å². The summed E-state index contributed by atoms with van der Waals surface area (Å²) in [6.07, 6.45) is 20.4. The maximum absolute atomic E-state index is 5.72. The van der Waals surface area contributed by atoms with E-state index in [-0.39, 0.29) is 5.41 Å². The molecule has 1 aliphatic carbocycles. The molecule has 0 bridgehead atoms. The third kappa shape index (κ3) is 9.90. The van der Waals surface area contributed by atoms with Gasteiger partial charge in [0.2, 0.25) is 0 Å². The van der Waals surface area contributed by atoms with Crippen LogP contribution in [0.15, 0.2) is 121 Å². The summed E-state index contributed by atoms with van der Waals surface area (Å²) in [5, 5.41) is 0. The first-order chi connectivity index (χ1) is 32.8. The van der Waals surface area contributed by atoms with Gasteiger partial charge in [-0.15, -0.1) is 22.7 Å². The van der Waals surface area contributed by atoms with Gasteiger partial charge in [-0.05, 0) is 109 Å². The molecule has 0 spiro atoms. The maximum Gasteiger partial charge on any atom is 0.0988 e. The molecule has 2 nitrogen and oxygen atoms in total. The van der Waals surface area contributed by atoms with E-state index < -0.39 is 0 Å². The lowest BCUT2D eigenvalue weighted by Crippen LogP contribution is -2.25. The van der Waals surface area contributed by atoms with Crippen molar-refractivity contribution >= 4 is 33.7 Å². The summed E-state index contributed by atoms with van der Waals surface area (Å²) in [4.78, 5) is 16.4. The van der Waals surface area contributed by atoms with Crippen molar-refractivity contribution < 1.29 is 0 Å². The Labute approximate surface area is 410 Å². The predicted octanol–water partition coefficient (Wildman–Crippen LogP) is 19.6. The number of aryl methyl sites for hydroxylation is 4. The summed E-state index contributed by atoms with van der Waals surface area (Å²) < 4.78 is 0. The van der Waals surface area contributed by atoms with Crippen LogP contribution < -0.4 is 0 Å². The molecule has 0 saturated carbocycles. The van der Waals surface area contributed by atoms with Crippen molar-refractivity contribution in [1.29, 1.82) is 0 Å². The zero-order chi connectivity index (χ0) is 46.3. The molecule has 9 rings (SSSR count). The van der Waals surface area contributed by atoms with Gasteiger partial charge in [-0.25, -0.2) is 9.97 Å². The van der Waals surface area contributed by atoms with Crippen LogP contribution in [0.2, 0.25) is 0 Å². The third-order valence-corrected chi connectivity index (χ3v) is 16.9. The number of benzene rings is 5. The summed E-state index contributed by atoms with van der Waals surface area (Å²) in [6, 6.07) is 46.5. The molecular weight excluding hydrogens is 849 g/mol. The molecule has 0 amide bonds. The van der Waals surface area contributed by atoms with E-state index in [1.807, 2.05) is 22.7 Å². The minimum absolute atomic E-state index is 0.0460. The van der Waals surface area contributed by atoms with Crippen molar-refractivity contribution in [3.8, 4) is 65.0 Å². The Kier molecular flexibility index (Phi) is 15.0. The van der Waals surface area contributed by atoms with Gasteiger partial charge in [0, 0.05) is 47.2 Å². The van der Waals surface area contributed by atoms with Gasteiger partial charge in [-0.1, -0.05) is 201 Å². The lowest BCUT2D eigenvalue weighted by molar-refractivity contribution is 0.398. The van der Waals surface area contributed by atoms with E-state index in [0.29, 0.717) is 0 Å². The molecule has 0 unspecified atom stereocenters. The van der Waals surface area contributed by atoms with E-state index in [1.165, 1.54) is 143 Å². The average Bonchev–Trinajstić information content (AvgIpc) is 4.10. The maximum atomic E-state index is 5.72. The largest absolute Gasteiger partial charge is 0.243 e. The van der Waals surface area contributed by atoms with Crippen molar-refractivity contribution in [1.82, 2.24) is 9.97 Å². The lowest BCUT2D eigenvalue weighted by atomic mass is 9.70. The topological polar surface area (TPSA) is 25.8 Å². The van der Waals surface area contributed by atoms with Gasteiger partial charge < -0.3 is 0 Å². The van der Waals surface area contributed by atoms with Gasteiger partial charge in [0.05, 0.1) is 22.4 Å². The molecule has 67 heavy (non-hydrogen) atoms. The van der Waals surface area contributed by atoms with E-state index in [4.69, 9.17) is 9.97 Å². The quantitative estimate of drug-likeness (QED) is 0.0671. The highest BCUT2D eigenvalue weighted by Gasteiger charge is 2.42. The van der Waals surface area contributed by atoms with Crippen molar-refractivity contribution in [2.75, 3.05) is 0 Å². The zero-order valence-electron chi connectivity index (χ0n) is 41.1. The highest BCUT2D eigenvalue weighted by atomic mass is 32.1. The van der Waals surface area contributed by atoms with Crippen molar-refractivity contribution in [3.63, 3.8) is 0 Å². The van der Waals surface area contributed by atoms with Gasteiger partial charge >= 0.3 is 0 Å². The number of thiophene rings is 2. The first kappa shape index (κ1) is 46.9. The molecule has 1 aliphatic rings. The molecule has 0 radical (unpaired) electrons. The van der Waals surface area contributed by atoms with Crippen molar-refractivity contribution in [2.24, 2.45) is 0 Å². The van der Waals surface area contributed by atoms with Crippen LogP contribution >= 0.6 is 22.7 Å².